The minimum Gasteiger partial charge on any atom is -0.299 e. The number of benzene rings is 1. The number of carbonyl (C=O) groups is 1. The summed E-state index contributed by atoms with van der Waals surface area (Å²) in [5.41, 5.74) is 3.61. The van der Waals surface area contributed by atoms with E-state index in [1.807, 2.05) is 0 Å². The van der Waals surface area contributed by atoms with E-state index in [0.717, 1.165) is 54.8 Å². The highest BCUT2D eigenvalue weighted by molar-refractivity contribution is 5.82. The van der Waals surface area contributed by atoms with Crippen molar-refractivity contribution < 1.29 is 4.79 Å². The van der Waals surface area contributed by atoms with Gasteiger partial charge in [-0.05, 0) is 116 Å². The molecule has 36 heavy (non-hydrogen) atoms. The molecular weight excluding hydrogens is 436 g/mol. The zero-order chi connectivity index (χ0) is 25.7. The van der Waals surface area contributed by atoms with E-state index >= 15 is 0 Å². The van der Waals surface area contributed by atoms with Crippen molar-refractivity contribution in [1.82, 2.24) is 0 Å². The van der Waals surface area contributed by atoms with E-state index in [9.17, 15) is 4.79 Å². The number of ketones is 1. The van der Waals surface area contributed by atoms with Crippen molar-refractivity contribution in [3.05, 3.63) is 35.4 Å². The second-order valence-corrected chi connectivity index (χ2v) is 14.9. The molecule has 4 fully saturated rings. The summed E-state index contributed by atoms with van der Waals surface area (Å²) in [4.78, 5) is 13.3. The molecule has 0 radical (unpaired) electrons. The van der Waals surface area contributed by atoms with E-state index in [4.69, 9.17) is 0 Å². The molecule has 1 aromatic rings. The topological polar surface area (TPSA) is 17.1 Å². The molecule has 1 aromatic carbocycles. The third-order valence-electron chi connectivity index (χ3n) is 12.5. The Morgan fingerprint density at radius 1 is 0.833 bits per heavy atom. The Balaban J connectivity index is 1.31. The first-order valence-corrected chi connectivity index (χ1v) is 15.7. The summed E-state index contributed by atoms with van der Waals surface area (Å²) in [5, 5.41) is 0. The zero-order valence-electron chi connectivity index (χ0n) is 24.3. The van der Waals surface area contributed by atoms with Crippen molar-refractivity contribution >= 4 is 5.78 Å². The monoisotopic (exact) mass is 490 g/mol. The average molecular weight is 491 g/mol. The third kappa shape index (κ3) is 4.64. The number of hydrogen-bond acceptors (Lipinski definition) is 1. The first-order chi connectivity index (χ1) is 17.1. The average Bonchev–Trinajstić information content (AvgIpc) is 3.19. The van der Waals surface area contributed by atoms with Gasteiger partial charge in [0.1, 0.15) is 5.78 Å². The highest BCUT2D eigenvalue weighted by atomic mass is 16.1. The quantitative estimate of drug-likeness (QED) is 0.372. The van der Waals surface area contributed by atoms with Crippen LogP contribution in [0.5, 0.6) is 0 Å². The van der Waals surface area contributed by atoms with Gasteiger partial charge < -0.3 is 0 Å². The van der Waals surface area contributed by atoms with Crippen LogP contribution in [0.1, 0.15) is 116 Å². The predicted octanol–water partition coefficient (Wildman–Crippen LogP) is 9.45. The lowest BCUT2D eigenvalue weighted by atomic mass is 9.43. The second-order valence-electron chi connectivity index (χ2n) is 14.9. The molecule has 0 aromatic heterocycles. The summed E-state index contributed by atoms with van der Waals surface area (Å²) >= 11 is 0. The van der Waals surface area contributed by atoms with Crippen LogP contribution >= 0.6 is 0 Å². The largest absolute Gasteiger partial charge is 0.299 e. The molecule has 9 atom stereocenters. The second kappa shape index (κ2) is 10.2. The molecule has 0 aliphatic heterocycles. The number of fused-ring (bicyclic) bond motifs is 5. The lowest BCUT2D eigenvalue weighted by molar-refractivity contribution is -0.152. The van der Waals surface area contributed by atoms with Crippen LogP contribution in [0.2, 0.25) is 0 Å². The maximum atomic E-state index is 13.3. The smallest absolute Gasteiger partial charge is 0.136 e. The van der Waals surface area contributed by atoms with E-state index in [1.54, 1.807) is 0 Å². The molecule has 0 bridgehead atoms. The van der Waals surface area contributed by atoms with Crippen LogP contribution in [0.15, 0.2) is 24.3 Å². The number of carbonyl (C=O) groups excluding carboxylic acids is 1. The Morgan fingerprint density at radius 2 is 1.53 bits per heavy atom. The molecule has 0 saturated heterocycles. The van der Waals surface area contributed by atoms with Gasteiger partial charge in [-0.2, -0.15) is 0 Å². The van der Waals surface area contributed by atoms with Crippen molar-refractivity contribution in [1.29, 1.82) is 0 Å². The predicted molar refractivity (Wildman–Crippen MR) is 152 cm³/mol. The van der Waals surface area contributed by atoms with Gasteiger partial charge in [-0.25, -0.2) is 0 Å². The van der Waals surface area contributed by atoms with Gasteiger partial charge in [0.25, 0.3) is 0 Å². The molecule has 0 spiro atoms. The van der Waals surface area contributed by atoms with Gasteiger partial charge in [0.2, 0.25) is 0 Å². The maximum absolute atomic E-state index is 13.3. The molecule has 4 aliphatic carbocycles. The summed E-state index contributed by atoms with van der Waals surface area (Å²) in [6.07, 6.45) is 15.7. The Bertz CT molecular complexity index is 913. The van der Waals surface area contributed by atoms with Crippen LogP contribution in [0.4, 0.5) is 0 Å². The number of hydrogen-bond donors (Lipinski definition) is 0. The molecule has 0 N–H and O–H groups in total. The summed E-state index contributed by atoms with van der Waals surface area (Å²) in [6.45, 7) is 14.8. The SMILES string of the molecule is Cc1ccc(C[C@@H]2C(=O)CC[C@]3(C)[C@H]4CC[C@]5(C)[C@@H]([C@H](C)CCCC(C)C)CC[C@H]5[C@@H]4CC[C@@H]23)cc1. The molecule has 4 aliphatic rings. The van der Waals surface area contributed by atoms with Crippen molar-refractivity contribution in [2.45, 2.75) is 119 Å². The minimum atomic E-state index is 0.248. The van der Waals surface area contributed by atoms with Crippen LogP contribution in [-0.2, 0) is 11.2 Å². The van der Waals surface area contributed by atoms with Crippen LogP contribution in [0.3, 0.4) is 0 Å². The van der Waals surface area contributed by atoms with Gasteiger partial charge in [0, 0.05) is 12.3 Å². The molecule has 0 heterocycles. The van der Waals surface area contributed by atoms with Gasteiger partial charge in [0.05, 0.1) is 0 Å². The van der Waals surface area contributed by atoms with Crippen molar-refractivity contribution in [2.75, 3.05) is 0 Å². The molecule has 0 amide bonds. The van der Waals surface area contributed by atoms with Gasteiger partial charge in [-0.3, -0.25) is 4.79 Å². The van der Waals surface area contributed by atoms with Crippen molar-refractivity contribution in [3.8, 4) is 0 Å². The molecule has 0 unspecified atom stereocenters. The molecule has 200 valence electrons. The van der Waals surface area contributed by atoms with E-state index < -0.39 is 0 Å². The lowest BCUT2D eigenvalue weighted by Gasteiger charge is -2.62. The summed E-state index contributed by atoms with van der Waals surface area (Å²) in [5.74, 6) is 6.75. The van der Waals surface area contributed by atoms with E-state index in [2.05, 4.69) is 65.8 Å². The molecule has 4 saturated carbocycles. The summed E-state index contributed by atoms with van der Waals surface area (Å²) < 4.78 is 0. The Labute approximate surface area is 222 Å². The van der Waals surface area contributed by atoms with Crippen molar-refractivity contribution in [3.63, 3.8) is 0 Å². The number of Topliss-reactive ketones (excluding diaryl/α,β-unsaturated/α-hetero) is 1. The van der Waals surface area contributed by atoms with E-state index in [1.165, 1.54) is 68.9 Å². The Kier molecular flexibility index (Phi) is 7.52. The third-order valence-corrected chi connectivity index (χ3v) is 12.5. The standard InChI is InChI=1S/C35H54O/c1-23(2)8-7-9-25(4)29-16-17-30-27-14-15-31-28(22-26-12-10-24(3)11-13-26)33(36)19-21-35(31,6)32(27)18-20-34(29,30)5/h10-13,23,25,27-32H,7-9,14-22H2,1-6H3/t25-,27+,28+,29-,30+,31+,32+,34-,35+/m1/s1. The lowest BCUT2D eigenvalue weighted by Crippen LogP contribution is -2.56. The first kappa shape index (κ1) is 26.5. The van der Waals surface area contributed by atoms with Gasteiger partial charge in [-0.1, -0.05) is 83.7 Å². The normalized spacial score (nSPS) is 41.0. The van der Waals surface area contributed by atoms with Crippen LogP contribution in [0.25, 0.3) is 0 Å². The fourth-order valence-corrected chi connectivity index (χ4v) is 10.6. The molecular formula is C35H54O. The van der Waals surface area contributed by atoms with Crippen molar-refractivity contribution in [2.24, 2.45) is 58.2 Å². The Morgan fingerprint density at radius 3 is 2.25 bits per heavy atom. The fraction of sp³-hybridized carbons (Fsp3) is 0.800. The Hall–Kier alpha value is -1.11. The highest BCUT2D eigenvalue weighted by Gasteiger charge is 2.61. The van der Waals surface area contributed by atoms with Gasteiger partial charge in [0.15, 0.2) is 0 Å². The molecule has 1 heteroatoms. The molecule has 5 rings (SSSR count). The molecule has 1 nitrogen and oxygen atoms in total. The van der Waals surface area contributed by atoms with Gasteiger partial charge >= 0.3 is 0 Å². The fourth-order valence-electron chi connectivity index (χ4n) is 10.6. The van der Waals surface area contributed by atoms with Crippen LogP contribution in [-0.4, -0.2) is 5.78 Å². The summed E-state index contributed by atoms with van der Waals surface area (Å²) in [6, 6.07) is 8.99. The van der Waals surface area contributed by atoms with E-state index in [0.29, 0.717) is 22.5 Å². The maximum Gasteiger partial charge on any atom is 0.136 e. The summed E-state index contributed by atoms with van der Waals surface area (Å²) in [7, 11) is 0. The first-order valence-electron chi connectivity index (χ1n) is 15.7. The van der Waals surface area contributed by atoms with Crippen LogP contribution in [0, 0.1) is 65.1 Å². The van der Waals surface area contributed by atoms with Crippen LogP contribution < -0.4 is 0 Å². The van der Waals surface area contributed by atoms with Gasteiger partial charge in [-0.15, -0.1) is 0 Å². The number of rotatable bonds is 7. The highest BCUT2D eigenvalue weighted by Crippen LogP contribution is 2.68. The minimum absolute atomic E-state index is 0.248. The zero-order valence-corrected chi connectivity index (χ0v) is 24.3. The number of aryl methyl sites for hydroxylation is 1. The van der Waals surface area contributed by atoms with E-state index in [-0.39, 0.29) is 5.92 Å².